The summed E-state index contributed by atoms with van der Waals surface area (Å²) in [5.41, 5.74) is 1.88. The van der Waals surface area contributed by atoms with Crippen LogP contribution in [0.3, 0.4) is 0 Å². The molecule has 1 aromatic heterocycles. The fourth-order valence-corrected chi connectivity index (χ4v) is 2.58. The molecule has 1 aliphatic heterocycles. The van der Waals surface area contributed by atoms with Crippen molar-refractivity contribution in [3.63, 3.8) is 0 Å². The second kappa shape index (κ2) is 6.36. The number of hydrogen-bond acceptors (Lipinski definition) is 6. The Morgan fingerprint density at radius 2 is 1.88 bits per heavy atom. The average Bonchev–Trinajstić information content (AvgIpc) is 3.30. The molecule has 130 valence electrons. The third kappa shape index (κ3) is 3.02. The molecule has 0 spiro atoms. The average molecular weight is 350 g/mol. The second-order valence-corrected chi connectivity index (χ2v) is 5.74. The lowest BCUT2D eigenvalue weighted by Gasteiger charge is -2.04. The number of ketones is 1. The molecule has 1 aliphatic rings. The monoisotopic (exact) mass is 350 g/mol. The van der Waals surface area contributed by atoms with Crippen molar-refractivity contribution in [1.82, 2.24) is 5.16 Å². The minimum absolute atomic E-state index is 0.0763. The highest BCUT2D eigenvalue weighted by atomic mass is 16.7. The number of carbonyl (C=O) groups excluding carboxylic acids is 2. The van der Waals surface area contributed by atoms with Crippen molar-refractivity contribution < 1.29 is 23.6 Å². The molecule has 0 radical (unpaired) electrons. The van der Waals surface area contributed by atoms with Gasteiger partial charge >= 0.3 is 0 Å². The number of anilines is 1. The molecule has 26 heavy (non-hydrogen) atoms. The predicted octanol–water partition coefficient (Wildman–Crippen LogP) is 3.53. The van der Waals surface area contributed by atoms with E-state index in [4.69, 9.17) is 14.0 Å². The fraction of sp³-hybridized carbons (Fsp3) is 0.105. The summed E-state index contributed by atoms with van der Waals surface area (Å²) < 4.78 is 15.9. The zero-order valence-electron chi connectivity index (χ0n) is 13.8. The van der Waals surface area contributed by atoms with E-state index in [1.807, 2.05) is 0 Å². The van der Waals surface area contributed by atoms with Gasteiger partial charge < -0.3 is 19.3 Å². The zero-order chi connectivity index (χ0) is 18.1. The van der Waals surface area contributed by atoms with Gasteiger partial charge in [-0.15, -0.1) is 0 Å². The third-order valence-electron chi connectivity index (χ3n) is 3.93. The lowest BCUT2D eigenvalue weighted by atomic mass is 10.1. The SMILES string of the molecule is CC(=O)c1cccc(NC(=O)c2cc(-c3ccc4c(c3)OCO4)on2)c1. The first-order valence-corrected chi connectivity index (χ1v) is 7.89. The van der Waals surface area contributed by atoms with Gasteiger partial charge in [0.1, 0.15) is 0 Å². The second-order valence-electron chi connectivity index (χ2n) is 5.74. The van der Waals surface area contributed by atoms with Gasteiger partial charge in [-0.25, -0.2) is 0 Å². The Labute approximate surface area is 148 Å². The fourth-order valence-electron chi connectivity index (χ4n) is 2.58. The molecule has 2 aromatic carbocycles. The number of amides is 1. The Bertz CT molecular complexity index is 1010. The molecule has 1 amide bonds. The van der Waals surface area contributed by atoms with Crippen LogP contribution in [-0.4, -0.2) is 23.6 Å². The topological polar surface area (TPSA) is 90.7 Å². The number of nitrogens with one attached hydrogen (secondary N) is 1. The van der Waals surface area contributed by atoms with Gasteiger partial charge in [0.25, 0.3) is 5.91 Å². The van der Waals surface area contributed by atoms with Crippen molar-refractivity contribution >= 4 is 17.4 Å². The number of fused-ring (bicyclic) bond motifs is 1. The maximum atomic E-state index is 12.4. The van der Waals surface area contributed by atoms with E-state index in [0.717, 1.165) is 5.56 Å². The molecule has 0 saturated carbocycles. The summed E-state index contributed by atoms with van der Waals surface area (Å²) in [6, 6.07) is 13.6. The van der Waals surface area contributed by atoms with E-state index in [1.165, 1.54) is 6.92 Å². The molecule has 4 rings (SSSR count). The number of Topliss-reactive ketones (excluding diaryl/α,β-unsaturated/α-hetero) is 1. The first kappa shape index (κ1) is 15.9. The number of rotatable bonds is 4. The van der Waals surface area contributed by atoms with E-state index in [0.29, 0.717) is 28.5 Å². The van der Waals surface area contributed by atoms with Gasteiger partial charge in [-0.2, -0.15) is 0 Å². The van der Waals surface area contributed by atoms with E-state index in [2.05, 4.69) is 10.5 Å². The minimum atomic E-state index is -0.429. The van der Waals surface area contributed by atoms with Crippen LogP contribution in [0.2, 0.25) is 0 Å². The molecule has 0 unspecified atom stereocenters. The smallest absolute Gasteiger partial charge is 0.277 e. The number of ether oxygens (including phenoxy) is 2. The Hall–Kier alpha value is -3.61. The van der Waals surface area contributed by atoms with Crippen LogP contribution >= 0.6 is 0 Å². The number of benzene rings is 2. The first-order chi connectivity index (χ1) is 12.6. The normalized spacial score (nSPS) is 12.0. The van der Waals surface area contributed by atoms with E-state index >= 15 is 0 Å². The summed E-state index contributed by atoms with van der Waals surface area (Å²) in [5, 5.41) is 6.52. The van der Waals surface area contributed by atoms with Gasteiger partial charge in [0.2, 0.25) is 6.79 Å². The van der Waals surface area contributed by atoms with E-state index in [1.54, 1.807) is 48.5 Å². The van der Waals surface area contributed by atoms with E-state index in [-0.39, 0.29) is 18.3 Å². The number of hydrogen-bond donors (Lipinski definition) is 1. The largest absolute Gasteiger partial charge is 0.454 e. The van der Waals surface area contributed by atoms with Crippen LogP contribution in [0.25, 0.3) is 11.3 Å². The Balaban J connectivity index is 1.53. The van der Waals surface area contributed by atoms with Crippen LogP contribution in [0.15, 0.2) is 53.1 Å². The molecule has 0 fully saturated rings. The van der Waals surface area contributed by atoms with Crippen LogP contribution in [-0.2, 0) is 0 Å². The number of carbonyl (C=O) groups is 2. The Kier molecular flexibility index (Phi) is 3.89. The molecule has 0 atom stereocenters. The molecule has 3 aromatic rings. The lowest BCUT2D eigenvalue weighted by molar-refractivity contribution is 0.100. The summed E-state index contributed by atoms with van der Waals surface area (Å²) in [6.45, 7) is 1.65. The highest BCUT2D eigenvalue weighted by Gasteiger charge is 2.18. The Morgan fingerprint density at radius 3 is 2.73 bits per heavy atom. The van der Waals surface area contributed by atoms with Crippen molar-refractivity contribution in [2.75, 3.05) is 12.1 Å². The summed E-state index contributed by atoms with van der Waals surface area (Å²) in [6.07, 6.45) is 0. The van der Waals surface area contributed by atoms with Crippen LogP contribution in [0, 0.1) is 0 Å². The molecule has 0 saturated heterocycles. The molecule has 1 N–H and O–H groups in total. The van der Waals surface area contributed by atoms with Crippen molar-refractivity contribution in [1.29, 1.82) is 0 Å². The molecule has 0 aliphatic carbocycles. The van der Waals surface area contributed by atoms with Crippen molar-refractivity contribution in [2.24, 2.45) is 0 Å². The zero-order valence-corrected chi connectivity index (χ0v) is 13.8. The first-order valence-electron chi connectivity index (χ1n) is 7.89. The Morgan fingerprint density at radius 1 is 1.04 bits per heavy atom. The van der Waals surface area contributed by atoms with Crippen LogP contribution < -0.4 is 14.8 Å². The van der Waals surface area contributed by atoms with Crippen LogP contribution in [0.4, 0.5) is 5.69 Å². The summed E-state index contributed by atoms with van der Waals surface area (Å²) in [5.74, 6) is 1.21. The quantitative estimate of drug-likeness (QED) is 0.724. The van der Waals surface area contributed by atoms with Crippen molar-refractivity contribution in [3.8, 4) is 22.8 Å². The highest BCUT2D eigenvalue weighted by Crippen LogP contribution is 2.36. The summed E-state index contributed by atoms with van der Waals surface area (Å²) in [7, 11) is 0. The van der Waals surface area contributed by atoms with Crippen LogP contribution in [0.5, 0.6) is 11.5 Å². The number of nitrogens with zero attached hydrogens (tertiary/aromatic N) is 1. The number of aromatic nitrogens is 1. The van der Waals surface area contributed by atoms with Crippen molar-refractivity contribution in [3.05, 3.63) is 59.8 Å². The van der Waals surface area contributed by atoms with Gasteiger partial charge in [0.05, 0.1) is 0 Å². The van der Waals surface area contributed by atoms with Gasteiger partial charge in [-0.1, -0.05) is 17.3 Å². The molecule has 7 heteroatoms. The van der Waals surface area contributed by atoms with Gasteiger partial charge in [0, 0.05) is 22.9 Å². The third-order valence-corrected chi connectivity index (χ3v) is 3.93. The molecular weight excluding hydrogens is 336 g/mol. The molecular formula is C19H14N2O5. The molecule has 2 heterocycles. The highest BCUT2D eigenvalue weighted by molar-refractivity contribution is 6.04. The van der Waals surface area contributed by atoms with Crippen molar-refractivity contribution in [2.45, 2.75) is 6.92 Å². The lowest BCUT2D eigenvalue weighted by Crippen LogP contribution is -2.12. The summed E-state index contributed by atoms with van der Waals surface area (Å²) >= 11 is 0. The molecule has 0 bridgehead atoms. The van der Waals surface area contributed by atoms with Gasteiger partial charge in [-0.05, 0) is 37.3 Å². The van der Waals surface area contributed by atoms with E-state index in [9.17, 15) is 9.59 Å². The maximum Gasteiger partial charge on any atom is 0.277 e. The minimum Gasteiger partial charge on any atom is -0.454 e. The predicted molar refractivity (Wildman–Crippen MR) is 92.5 cm³/mol. The maximum absolute atomic E-state index is 12.4. The standard InChI is InChI=1S/C19H14N2O5/c1-11(22)12-3-2-4-14(7-12)20-19(23)15-9-17(26-21-15)13-5-6-16-18(8-13)25-10-24-16/h2-9H,10H2,1H3,(H,20,23). The van der Waals surface area contributed by atoms with Gasteiger partial charge in [0.15, 0.2) is 28.7 Å². The summed E-state index contributed by atoms with van der Waals surface area (Å²) in [4.78, 5) is 23.8. The van der Waals surface area contributed by atoms with Crippen LogP contribution in [0.1, 0.15) is 27.8 Å². The molecule has 7 nitrogen and oxygen atoms in total. The van der Waals surface area contributed by atoms with Gasteiger partial charge in [-0.3, -0.25) is 9.59 Å². The van der Waals surface area contributed by atoms with E-state index < -0.39 is 5.91 Å².